The number of ether oxygens (including phenoxy) is 3. The number of nitrogens with zero attached hydrogens (tertiary/aromatic N) is 3. The molecule has 0 radical (unpaired) electrons. The van der Waals surface area contributed by atoms with Crippen LogP contribution in [-0.4, -0.2) is 51.9 Å². The molecule has 3 rings (SSSR count). The van der Waals surface area contributed by atoms with Crippen LogP contribution in [-0.2, 0) is 16.6 Å². The number of pyridine rings is 1. The van der Waals surface area contributed by atoms with E-state index in [4.69, 9.17) is 14.2 Å². The van der Waals surface area contributed by atoms with Crippen molar-refractivity contribution in [2.75, 3.05) is 13.2 Å². The number of nitrogens with one attached hydrogen (secondary N) is 1. The molecule has 1 amide bonds. The Labute approximate surface area is 171 Å². The van der Waals surface area contributed by atoms with E-state index in [1.807, 2.05) is 30.7 Å². The van der Waals surface area contributed by atoms with Crippen molar-refractivity contribution in [1.29, 1.82) is 0 Å². The maximum atomic E-state index is 11.1. The first-order valence-electron chi connectivity index (χ1n) is 10.5. The van der Waals surface area contributed by atoms with E-state index in [1.165, 1.54) is 6.92 Å². The number of amides is 1. The molecule has 0 bridgehead atoms. The van der Waals surface area contributed by atoms with Crippen LogP contribution >= 0.6 is 0 Å². The SMILES string of the molecule is CCCOc1nc2ccc(OC3CCC(OC[C@H](C)NC(C)=O)CC3)nc2n1C. The zero-order valence-electron chi connectivity index (χ0n) is 17.8. The Kier molecular flexibility index (Phi) is 7.30. The summed E-state index contributed by atoms with van der Waals surface area (Å²) in [5.41, 5.74) is 1.56. The number of aryl methyl sites for hydroxylation is 1. The van der Waals surface area contributed by atoms with Crippen LogP contribution in [0, 0.1) is 0 Å². The van der Waals surface area contributed by atoms with E-state index in [1.54, 1.807) is 0 Å². The molecule has 1 aliphatic carbocycles. The maximum Gasteiger partial charge on any atom is 0.298 e. The van der Waals surface area contributed by atoms with Gasteiger partial charge in [-0.05, 0) is 45.1 Å². The second-order valence-electron chi connectivity index (χ2n) is 7.75. The first kappa shape index (κ1) is 21.4. The van der Waals surface area contributed by atoms with Gasteiger partial charge in [-0.3, -0.25) is 9.36 Å². The number of hydrogen-bond donors (Lipinski definition) is 1. The third-order valence-electron chi connectivity index (χ3n) is 5.03. The van der Waals surface area contributed by atoms with Crippen LogP contribution in [0.3, 0.4) is 0 Å². The van der Waals surface area contributed by atoms with Crippen molar-refractivity contribution in [2.24, 2.45) is 7.05 Å². The molecule has 8 nitrogen and oxygen atoms in total. The minimum absolute atomic E-state index is 0.0276. The van der Waals surface area contributed by atoms with Gasteiger partial charge >= 0.3 is 0 Å². The van der Waals surface area contributed by atoms with E-state index < -0.39 is 0 Å². The van der Waals surface area contributed by atoms with Crippen LogP contribution in [0.15, 0.2) is 12.1 Å². The first-order chi connectivity index (χ1) is 14.0. The van der Waals surface area contributed by atoms with Gasteiger partial charge in [-0.15, -0.1) is 0 Å². The monoisotopic (exact) mass is 404 g/mol. The number of rotatable bonds is 9. The first-order valence-corrected chi connectivity index (χ1v) is 10.5. The van der Waals surface area contributed by atoms with E-state index in [2.05, 4.69) is 22.2 Å². The Hall–Kier alpha value is -2.35. The Morgan fingerprint density at radius 1 is 1.24 bits per heavy atom. The van der Waals surface area contributed by atoms with Gasteiger partial charge in [0.1, 0.15) is 11.6 Å². The van der Waals surface area contributed by atoms with E-state index in [9.17, 15) is 4.79 Å². The summed E-state index contributed by atoms with van der Waals surface area (Å²) in [6, 6.07) is 4.41. The summed E-state index contributed by atoms with van der Waals surface area (Å²) in [7, 11) is 1.90. The van der Waals surface area contributed by atoms with Gasteiger partial charge in [-0.25, -0.2) is 0 Å². The van der Waals surface area contributed by atoms with Crippen molar-refractivity contribution >= 4 is 17.1 Å². The van der Waals surface area contributed by atoms with E-state index in [0.717, 1.165) is 43.3 Å². The van der Waals surface area contributed by atoms with Gasteiger partial charge in [-0.2, -0.15) is 9.97 Å². The molecular formula is C21H32N4O4. The molecule has 2 aromatic heterocycles. The number of carbonyl (C=O) groups excluding carboxylic acids is 1. The number of aromatic nitrogens is 3. The molecule has 29 heavy (non-hydrogen) atoms. The van der Waals surface area contributed by atoms with E-state index in [0.29, 0.717) is 25.1 Å². The van der Waals surface area contributed by atoms with Crippen LogP contribution < -0.4 is 14.8 Å². The third-order valence-corrected chi connectivity index (χ3v) is 5.03. The summed E-state index contributed by atoms with van der Waals surface area (Å²) in [6.45, 7) is 6.71. The van der Waals surface area contributed by atoms with Crippen molar-refractivity contribution in [3.63, 3.8) is 0 Å². The molecule has 2 aromatic rings. The summed E-state index contributed by atoms with van der Waals surface area (Å²) in [5, 5.41) is 2.84. The standard InChI is InChI=1S/C21H32N4O4/c1-5-12-27-21-23-18-10-11-19(24-20(18)25(21)4)29-17-8-6-16(7-9-17)28-13-14(2)22-15(3)26/h10-11,14,16-17H,5-9,12-13H2,1-4H3,(H,22,26)/t14-,16?,17?/m0/s1. The summed E-state index contributed by atoms with van der Waals surface area (Å²) in [6.07, 6.45) is 5.03. The highest BCUT2D eigenvalue weighted by atomic mass is 16.5. The topological polar surface area (TPSA) is 87.5 Å². The molecule has 0 aliphatic heterocycles. The highest BCUT2D eigenvalue weighted by Gasteiger charge is 2.24. The van der Waals surface area contributed by atoms with Gasteiger partial charge < -0.3 is 19.5 Å². The summed E-state index contributed by atoms with van der Waals surface area (Å²) in [4.78, 5) is 20.2. The molecule has 0 aromatic carbocycles. The van der Waals surface area contributed by atoms with Crippen LogP contribution in [0.25, 0.3) is 11.2 Å². The van der Waals surface area contributed by atoms with Gasteiger partial charge in [-0.1, -0.05) is 6.92 Å². The molecule has 0 spiro atoms. The van der Waals surface area contributed by atoms with Gasteiger partial charge in [0, 0.05) is 26.1 Å². The Morgan fingerprint density at radius 3 is 2.66 bits per heavy atom. The molecule has 8 heteroatoms. The zero-order valence-corrected chi connectivity index (χ0v) is 17.8. The smallest absolute Gasteiger partial charge is 0.298 e. The molecule has 160 valence electrons. The molecular weight excluding hydrogens is 372 g/mol. The molecule has 2 heterocycles. The summed E-state index contributed by atoms with van der Waals surface area (Å²) in [5.74, 6) is 0.589. The van der Waals surface area contributed by atoms with E-state index in [-0.39, 0.29) is 24.2 Å². The number of fused-ring (bicyclic) bond motifs is 1. The molecule has 1 saturated carbocycles. The fraction of sp³-hybridized carbons (Fsp3) is 0.667. The third kappa shape index (κ3) is 5.82. The van der Waals surface area contributed by atoms with Crippen molar-refractivity contribution < 1.29 is 19.0 Å². The van der Waals surface area contributed by atoms with Crippen LogP contribution in [0.4, 0.5) is 0 Å². The van der Waals surface area contributed by atoms with Gasteiger partial charge in [0.05, 0.1) is 19.3 Å². The Bertz CT molecular complexity index is 814. The second kappa shape index (κ2) is 9.91. The fourth-order valence-corrected chi connectivity index (χ4v) is 3.57. The number of carbonyl (C=O) groups is 1. The molecule has 0 unspecified atom stereocenters. The van der Waals surface area contributed by atoms with Crippen LogP contribution in [0.5, 0.6) is 11.9 Å². The minimum Gasteiger partial charge on any atom is -0.474 e. The van der Waals surface area contributed by atoms with Crippen molar-refractivity contribution in [3.8, 4) is 11.9 Å². The quantitative estimate of drug-likeness (QED) is 0.691. The lowest BCUT2D eigenvalue weighted by molar-refractivity contribution is -0.120. The average molecular weight is 405 g/mol. The van der Waals surface area contributed by atoms with Crippen molar-refractivity contribution in [3.05, 3.63) is 12.1 Å². The molecule has 1 N–H and O–H groups in total. The lowest BCUT2D eigenvalue weighted by atomic mass is 9.95. The fourth-order valence-electron chi connectivity index (χ4n) is 3.57. The zero-order chi connectivity index (χ0) is 20.8. The van der Waals surface area contributed by atoms with Gasteiger partial charge in [0.25, 0.3) is 6.01 Å². The molecule has 1 aliphatic rings. The summed E-state index contributed by atoms with van der Waals surface area (Å²) >= 11 is 0. The van der Waals surface area contributed by atoms with E-state index >= 15 is 0 Å². The minimum atomic E-state index is -0.0276. The largest absolute Gasteiger partial charge is 0.474 e. The second-order valence-corrected chi connectivity index (χ2v) is 7.75. The molecule has 0 saturated heterocycles. The summed E-state index contributed by atoms with van der Waals surface area (Å²) < 4.78 is 19.6. The predicted octanol–water partition coefficient (Wildman–Crippen LogP) is 2.99. The van der Waals surface area contributed by atoms with Crippen LogP contribution in [0.1, 0.15) is 52.9 Å². The molecule has 1 fully saturated rings. The Morgan fingerprint density at radius 2 is 1.97 bits per heavy atom. The van der Waals surface area contributed by atoms with Crippen molar-refractivity contribution in [1.82, 2.24) is 19.9 Å². The van der Waals surface area contributed by atoms with Gasteiger partial charge in [0.15, 0.2) is 5.65 Å². The molecule has 1 atom stereocenters. The van der Waals surface area contributed by atoms with Crippen molar-refractivity contribution in [2.45, 2.75) is 71.1 Å². The highest BCUT2D eigenvalue weighted by Crippen LogP contribution is 2.27. The van der Waals surface area contributed by atoms with Crippen LogP contribution in [0.2, 0.25) is 0 Å². The van der Waals surface area contributed by atoms with Gasteiger partial charge in [0.2, 0.25) is 11.8 Å². The number of hydrogen-bond acceptors (Lipinski definition) is 6. The lowest BCUT2D eigenvalue weighted by Gasteiger charge is -2.29. The lowest BCUT2D eigenvalue weighted by Crippen LogP contribution is -2.36. The normalized spacial score (nSPS) is 20.4. The average Bonchev–Trinajstić information content (AvgIpc) is 3.01. The number of imidazole rings is 1. The highest BCUT2D eigenvalue weighted by molar-refractivity contribution is 5.73. The maximum absolute atomic E-state index is 11.1. The predicted molar refractivity (Wildman–Crippen MR) is 110 cm³/mol. The Balaban J connectivity index is 1.50.